The van der Waals surface area contributed by atoms with Gasteiger partial charge in [-0.1, -0.05) is 0 Å². The van der Waals surface area contributed by atoms with Crippen LogP contribution in [-0.4, -0.2) is 11.6 Å². The predicted molar refractivity (Wildman–Crippen MR) is 39.7 cm³/mol. The summed E-state index contributed by atoms with van der Waals surface area (Å²) in [6.07, 6.45) is 0. The van der Waals surface area contributed by atoms with Gasteiger partial charge in [-0.3, -0.25) is 0 Å². The quantitative estimate of drug-likeness (QED) is 0.622. The summed E-state index contributed by atoms with van der Waals surface area (Å²) in [6, 6.07) is 5.73. The molecule has 1 rings (SSSR count). The van der Waals surface area contributed by atoms with Crippen molar-refractivity contribution in [2.75, 3.05) is 12.4 Å². The molecule has 0 bridgehead atoms. The van der Waals surface area contributed by atoms with E-state index < -0.39 is 0 Å². The van der Waals surface area contributed by atoms with Crippen LogP contribution in [0, 0.1) is 11.3 Å². The van der Waals surface area contributed by atoms with E-state index in [1.807, 2.05) is 20.2 Å². The van der Waals surface area contributed by atoms with Gasteiger partial charge in [0.15, 0.2) is 0 Å². The van der Waals surface area contributed by atoms with Crippen LogP contribution in [0.5, 0.6) is 0 Å². The first-order valence-electron chi connectivity index (χ1n) is 3.03. The van der Waals surface area contributed by atoms with Crippen molar-refractivity contribution in [3.05, 3.63) is 17.8 Å². The molecule has 0 radical (unpaired) electrons. The summed E-state index contributed by atoms with van der Waals surface area (Å²) in [5.41, 5.74) is 0.671. The van der Waals surface area contributed by atoms with E-state index in [9.17, 15) is 0 Å². The molecule has 0 saturated heterocycles. The molecular formula is C7H9N3. The van der Waals surface area contributed by atoms with E-state index in [0.29, 0.717) is 5.69 Å². The van der Waals surface area contributed by atoms with Crippen molar-refractivity contribution in [1.82, 2.24) is 4.57 Å². The molecule has 0 atom stereocenters. The summed E-state index contributed by atoms with van der Waals surface area (Å²) in [6.45, 7) is 0. The van der Waals surface area contributed by atoms with Gasteiger partial charge >= 0.3 is 0 Å². The second-order valence-electron chi connectivity index (χ2n) is 2.02. The molecule has 0 amide bonds. The summed E-state index contributed by atoms with van der Waals surface area (Å²) in [7, 11) is 3.68. The molecule has 1 aromatic rings. The average molecular weight is 135 g/mol. The van der Waals surface area contributed by atoms with Crippen LogP contribution in [0.2, 0.25) is 0 Å². The van der Waals surface area contributed by atoms with Crippen molar-refractivity contribution < 1.29 is 0 Å². The van der Waals surface area contributed by atoms with E-state index in [1.54, 1.807) is 10.6 Å². The van der Waals surface area contributed by atoms with Crippen molar-refractivity contribution in [3.8, 4) is 6.07 Å². The SMILES string of the molecule is CNc1ccc(C#N)n1C. The normalized spacial score (nSPS) is 8.90. The van der Waals surface area contributed by atoms with Gasteiger partial charge in [-0.05, 0) is 12.1 Å². The molecule has 1 heterocycles. The number of nitrogens with zero attached hydrogens (tertiary/aromatic N) is 2. The zero-order valence-corrected chi connectivity index (χ0v) is 6.05. The first-order chi connectivity index (χ1) is 4.79. The van der Waals surface area contributed by atoms with Crippen LogP contribution in [-0.2, 0) is 7.05 Å². The Morgan fingerprint density at radius 1 is 1.60 bits per heavy atom. The maximum atomic E-state index is 8.53. The van der Waals surface area contributed by atoms with Crippen LogP contribution >= 0.6 is 0 Å². The molecule has 0 unspecified atom stereocenters. The molecule has 10 heavy (non-hydrogen) atoms. The Morgan fingerprint density at radius 3 is 2.60 bits per heavy atom. The van der Waals surface area contributed by atoms with Gasteiger partial charge in [-0.2, -0.15) is 5.26 Å². The van der Waals surface area contributed by atoms with Crippen molar-refractivity contribution in [1.29, 1.82) is 5.26 Å². The van der Waals surface area contributed by atoms with E-state index >= 15 is 0 Å². The molecule has 3 heteroatoms. The van der Waals surface area contributed by atoms with E-state index in [2.05, 4.69) is 11.4 Å². The Labute approximate surface area is 59.9 Å². The highest BCUT2D eigenvalue weighted by molar-refractivity contribution is 5.42. The van der Waals surface area contributed by atoms with E-state index in [0.717, 1.165) is 5.82 Å². The molecule has 0 fully saturated rings. The second-order valence-corrected chi connectivity index (χ2v) is 2.02. The standard InChI is InChI=1S/C7H9N3/c1-9-7-4-3-6(5-8)10(7)2/h3-4,9H,1-2H3. The van der Waals surface area contributed by atoms with Gasteiger partial charge in [0.25, 0.3) is 0 Å². The predicted octanol–water partition coefficient (Wildman–Crippen LogP) is 0.938. The minimum Gasteiger partial charge on any atom is -0.375 e. The number of hydrogen-bond acceptors (Lipinski definition) is 2. The number of aromatic nitrogens is 1. The van der Waals surface area contributed by atoms with Crippen LogP contribution in [0.1, 0.15) is 5.69 Å². The van der Waals surface area contributed by atoms with E-state index in [4.69, 9.17) is 5.26 Å². The third-order valence-corrected chi connectivity index (χ3v) is 1.49. The molecule has 1 aromatic heterocycles. The summed E-state index contributed by atoms with van der Waals surface area (Å²) in [5, 5.41) is 11.5. The van der Waals surface area contributed by atoms with Crippen molar-refractivity contribution in [2.24, 2.45) is 7.05 Å². The molecule has 0 aliphatic rings. The first-order valence-corrected chi connectivity index (χ1v) is 3.03. The van der Waals surface area contributed by atoms with Crippen LogP contribution in [0.15, 0.2) is 12.1 Å². The monoisotopic (exact) mass is 135 g/mol. The van der Waals surface area contributed by atoms with Crippen LogP contribution in [0.25, 0.3) is 0 Å². The maximum Gasteiger partial charge on any atom is 0.121 e. The number of hydrogen-bond donors (Lipinski definition) is 1. The zero-order valence-electron chi connectivity index (χ0n) is 6.05. The van der Waals surface area contributed by atoms with E-state index in [1.165, 1.54) is 0 Å². The molecule has 52 valence electrons. The lowest BCUT2D eigenvalue weighted by atomic mass is 10.5. The van der Waals surface area contributed by atoms with E-state index in [-0.39, 0.29) is 0 Å². The third-order valence-electron chi connectivity index (χ3n) is 1.49. The van der Waals surface area contributed by atoms with Gasteiger partial charge in [0, 0.05) is 14.1 Å². The largest absolute Gasteiger partial charge is 0.375 e. The first kappa shape index (κ1) is 6.69. The Balaban J connectivity index is 3.12. The lowest BCUT2D eigenvalue weighted by molar-refractivity contribution is 0.913. The molecular weight excluding hydrogens is 126 g/mol. The summed E-state index contributed by atoms with van der Waals surface area (Å²) < 4.78 is 1.81. The highest BCUT2D eigenvalue weighted by Gasteiger charge is 1.99. The van der Waals surface area contributed by atoms with Crippen molar-refractivity contribution in [3.63, 3.8) is 0 Å². The van der Waals surface area contributed by atoms with Gasteiger partial charge in [0.2, 0.25) is 0 Å². The molecule has 1 N–H and O–H groups in total. The number of nitriles is 1. The summed E-state index contributed by atoms with van der Waals surface area (Å²) >= 11 is 0. The Kier molecular flexibility index (Phi) is 1.63. The maximum absolute atomic E-state index is 8.53. The minimum atomic E-state index is 0.671. The molecule has 0 aromatic carbocycles. The lowest BCUT2D eigenvalue weighted by Crippen LogP contribution is -1.98. The van der Waals surface area contributed by atoms with Crippen molar-refractivity contribution in [2.45, 2.75) is 0 Å². The molecule has 0 aliphatic carbocycles. The fourth-order valence-corrected chi connectivity index (χ4v) is 0.875. The van der Waals surface area contributed by atoms with Gasteiger partial charge < -0.3 is 9.88 Å². The molecule has 0 saturated carbocycles. The highest BCUT2D eigenvalue weighted by Crippen LogP contribution is 2.09. The topological polar surface area (TPSA) is 40.8 Å². The van der Waals surface area contributed by atoms with Gasteiger partial charge in [-0.15, -0.1) is 0 Å². The Hall–Kier alpha value is -1.43. The number of nitrogens with one attached hydrogen (secondary N) is 1. The minimum absolute atomic E-state index is 0.671. The van der Waals surface area contributed by atoms with Crippen LogP contribution in [0.4, 0.5) is 5.82 Å². The Morgan fingerprint density at radius 2 is 2.30 bits per heavy atom. The fourth-order valence-electron chi connectivity index (χ4n) is 0.875. The summed E-state index contributed by atoms with van der Waals surface area (Å²) in [5.74, 6) is 0.955. The fraction of sp³-hybridized carbons (Fsp3) is 0.286. The summed E-state index contributed by atoms with van der Waals surface area (Å²) in [4.78, 5) is 0. The Bertz CT molecular complexity index is 267. The van der Waals surface area contributed by atoms with Crippen LogP contribution in [0.3, 0.4) is 0 Å². The second kappa shape index (κ2) is 2.44. The third kappa shape index (κ3) is 0.841. The molecule has 0 aliphatic heterocycles. The zero-order chi connectivity index (χ0) is 7.56. The highest BCUT2D eigenvalue weighted by atomic mass is 15.1. The van der Waals surface area contributed by atoms with Crippen molar-refractivity contribution >= 4 is 5.82 Å². The smallest absolute Gasteiger partial charge is 0.121 e. The lowest BCUT2D eigenvalue weighted by Gasteiger charge is -2.00. The molecule has 3 nitrogen and oxygen atoms in total. The van der Waals surface area contributed by atoms with Gasteiger partial charge in [-0.25, -0.2) is 0 Å². The van der Waals surface area contributed by atoms with Crippen LogP contribution < -0.4 is 5.32 Å². The number of rotatable bonds is 1. The molecule has 0 spiro atoms. The van der Waals surface area contributed by atoms with Gasteiger partial charge in [0.05, 0.1) is 0 Å². The van der Waals surface area contributed by atoms with Gasteiger partial charge in [0.1, 0.15) is 17.6 Å². The average Bonchev–Trinajstić information content (AvgIpc) is 2.30. The number of anilines is 1.